The van der Waals surface area contributed by atoms with Gasteiger partial charge in [-0.25, -0.2) is 4.79 Å². The fourth-order valence-corrected chi connectivity index (χ4v) is 3.47. The van der Waals surface area contributed by atoms with Crippen LogP contribution >= 0.6 is 0 Å². The largest absolute Gasteiger partial charge is 0.497 e. The van der Waals surface area contributed by atoms with Crippen LogP contribution in [0.2, 0.25) is 0 Å². The highest BCUT2D eigenvalue weighted by molar-refractivity contribution is 6.39. The zero-order valence-electron chi connectivity index (χ0n) is 18.3. The number of methoxy groups -OCH3 is 1. The van der Waals surface area contributed by atoms with E-state index < -0.39 is 11.8 Å². The van der Waals surface area contributed by atoms with E-state index in [1.54, 1.807) is 39.4 Å². The van der Waals surface area contributed by atoms with Gasteiger partial charge < -0.3 is 20.3 Å². The van der Waals surface area contributed by atoms with Crippen LogP contribution in [0.15, 0.2) is 47.3 Å². The minimum atomic E-state index is -0.771. The summed E-state index contributed by atoms with van der Waals surface area (Å²) >= 11 is 0. The lowest BCUT2D eigenvalue weighted by atomic mass is 10.1. The summed E-state index contributed by atoms with van der Waals surface area (Å²) in [5.74, 6) is -0.757. The summed E-state index contributed by atoms with van der Waals surface area (Å²) in [5, 5.41) is 5.28. The SMILES string of the molecule is COc1ccc([C@H](CNC(=O)C(=O)Nc2ccc3c(c2)n(C)c(=O)n3C)N(C)C)cc1. The number of imidazole rings is 1. The quantitative estimate of drug-likeness (QED) is 0.579. The topological polar surface area (TPSA) is 97.6 Å². The molecule has 2 amide bonds. The first-order valence-electron chi connectivity index (χ1n) is 9.78. The molecule has 9 heteroatoms. The summed E-state index contributed by atoms with van der Waals surface area (Å²) in [4.78, 5) is 38.8. The predicted molar refractivity (Wildman–Crippen MR) is 119 cm³/mol. The summed E-state index contributed by atoms with van der Waals surface area (Å²) in [6.45, 7) is 0.262. The molecule has 2 aromatic carbocycles. The van der Waals surface area contributed by atoms with Crippen LogP contribution < -0.4 is 21.1 Å². The molecule has 0 radical (unpaired) electrons. The van der Waals surface area contributed by atoms with Crippen molar-refractivity contribution in [3.8, 4) is 5.75 Å². The van der Waals surface area contributed by atoms with Crippen LogP contribution in [0.5, 0.6) is 5.75 Å². The summed E-state index contributed by atoms with van der Waals surface area (Å²) in [6.07, 6.45) is 0. The van der Waals surface area contributed by atoms with Gasteiger partial charge in [0.25, 0.3) is 0 Å². The minimum absolute atomic E-state index is 0.113. The maximum Gasteiger partial charge on any atom is 0.328 e. The number of hydrogen-bond donors (Lipinski definition) is 2. The Bertz CT molecular complexity index is 1160. The highest BCUT2D eigenvalue weighted by Gasteiger charge is 2.19. The van der Waals surface area contributed by atoms with Gasteiger partial charge in [0, 0.05) is 26.3 Å². The van der Waals surface area contributed by atoms with Crippen molar-refractivity contribution in [1.29, 1.82) is 0 Å². The van der Waals surface area contributed by atoms with E-state index in [0.717, 1.165) is 16.8 Å². The molecular formula is C22H27N5O4. The molecule has 0 fully saturated rings. The maximum atomic E-state index is 12.4. The monoisotopic (exact) mass is 425 g/mol. The third kappa shape index (κ3) is 4.61. The average molecular weight is 425 g/mol. The predicted octanol–water partition coefficient (Wildman–Crippen LogP) is 1.24. The second kappa shape index (κ2) is 9.05. The standard InChI is InChI=1S/C22H27N5O4/c1-25(2)19(14-6-9-16(31-5)10-7-14)13-23-20(28)21(29)24-15-8-11-17-18(12-15)27(4)22(30)26(17)3/h6-12,19H,13H2,1-5H3,(H,23,28)(H,24,29)/t19-/m0/s1. The van der Waals surface area contributed by atoms with Gasteiger partial charge in [-0.15, -0.1) is 0 Å². The Morgan fingerprint density at radius 1 is 1.00 bits per heavy atom. The molecule has 1 atom stereocenters. The molecular weight excluding hydrogens is 398 g/mol. The fraction of sp³-hybridized carbons (Fsp3) is 0.318. The lowest BCUT2D eigenvalue weighted by Crippen LogP contribution is -2.40. The normalized spacial score (nSPS) is 12.1. The Morgan fingerprint density at radius 2 is 1.65 bits per heavy atom. The number of rotatable bonds is 6. The molecule has 1 aromatic heterocycles. The number of ether oxygens (including phenoxy) is 1. The second-order valence-corrected chi connectivity index (χ2v) is 7.52. The Hall–Kier alpha value is -3.59. The Balaban J connectivity index is 1.66. The zero-order valence-corrected chi connectivity index (χ0v) is 18.3. The maximum absolute atomic E-state index is 12.4. The molecule has 1 heterocycles. The first-order chi connectivity index (χ1) is 14.7. The molecule has 3 rings (SSSR count). The van der Waals surface area contributed by atoms with Gasteiger partial charge in [-0.2, -0.15) is 0 Å². The molecule has 2 N–H and O–H groups in total. The lowest BCUT2D eigenvalue weighted by Gasteiger charge is -2.25. The molecule has 0 aliphatic heterocycles. The van der Waals surface area contributed by atoms with Crippen molar-refractivity contribution >= 4 is 28.5 Å². The van der Waals surface area contributed by atoms with E-state index in [2.05, 4.69) is 10.6 Å². The van der Waals surface area contributed by atoms with Crippen molar-refractivity contribution in [3.63, 3.8) is 0 Å². The minimum Gasteiger partial charge on any atom is -0.497 e. The lowest BCUT2D eigenvalue weighted by molar-refractivity contribution is -0.136. The van der Waals surface area contributed by atoms with Crippen LogP contribution in [0.3, 0.4) is 0 Å². The number of anilines is 1. The molecule has 0 aliphatic rings. The van der Waals surface area contributed by atoms with E-state index in [1.807, 2.05) is 43.3 Å². The number of aromatic nitrogens is 2. The van der Waals surface area contributed by atoms with Crippen LogP contribution in [0.25, 0.3) is 11.0 Å². The first kappa shape index (κ1) is 22.1. The van der Waals surface area contributed by atoms with Crippen molar-refractivity contribution in [3.05, 3.63) is 58.5 Å². The Kier molecular flexibility index (Phi) is 6.45. The Morgan fingerprint density at radius 3 is 2.26 bits per heavy atom. The van der Waals surface area contributed by atoms with Crippen molar-refractivity contribution in [2.24, 2.45) is 14.1 Å². The molecule has 0 spiro atoms. The first-order valence-corrected chi connectivity index (χ1v) is 9.78. The number of fused-ring (bicyclic) bond motifs is 1. The third-order valence-corrected chi connectivity index (χ3v) is 5.32. The molecule has 31 heavy (non-hydrogen) atoms. The number of aryl methyl sites for hydroxylation is 2. The van der Waals surface area contributed by atoms with Gasteiger partial charge in [0.1, 0.15) is 5.75 Å². The van der Waals surface area contributed by atoms with Crippen molar-refractivity contribution in [1.82, 2.24) is 19.4 Å². The molecule has 0 aliphatic carbocycles. The van der Waals surface area contributed by atoms with Crippen LogP contribution in [0.4, 0.5) is 5.69 Å². The van der Waals surface area contributed by atoms with E-state index in [-0.39, 0.29) is 18.3 Å². The van der Waals surface area contributed by atoms with Crippen LogP contribution in [-0.4, -0.2) is 53.6 Å². The highest BCUT2D eigenvalue weighted by Crippen LogP contribution is 2.21. The van der Waals surface area contributed by atoms with Gasteiger partial charge in [0.2, 0.25) is 0 Å². The average Bonchev–Trinajstić information content (AvgIpc) is 2.97. The molecule has 9 nitrogen and oxygen atoms in total. The van der Waals surface area contributed by atoms with Gasteiger partial charge in [0.15, 0.2) is 0 Å². The van der Waals surface area contributed by atoms with Gasteiger partial charge >= 0.3 is 17.5 Å². The van der Waals surface area contributed by atoms with E-state index in [4.69, 9.17) is 4.74 Å². The molecule has 0 unspecified atom stereocenters. The van der Waals surface area contributed by atoms with Crippen LogP contribution in [-0.2, 0) is 23.7 Å². The fourth-order valence-electron chi connectivity index (χ4n) is 3.47. The van der Waals surface area contributed by atoms with E-state index in [0.29, 0.717) is 11.2 Å². The number of nitrogens with zero attached hydrogens (tertiary/aromatic N) is 3. The number of nitrogens with one attached hydrogen (secondary N) is 2. The van der Waals surface area contributed by atoms with Crippen LogP contribution in [0, 0.1) is 0 Å². The smallest absolute Gasteiger partial charge is 0.328 e. The third-order valence-electron chi connectivity index (χ3n) is 5.32. The second-order valence-electron chi connectivity index (χ2n) is 7.52. The summed E-state index contributed by atoms with van der Waals surface area (Å²) in [7, 11) is 8.75. The highest BCUT2D eigenvalue weighted by atomic mass is 16.5. The van der Waals surface area contributed by atoms with Gasteiger partial charge in [0.05, 0.1) is 24.2 Å². The molecule has 0 saturated carbocycles. The number of carbonyl (C=O) groups is 2. The van der Waals surface area contributed by atoms with Gasteiger partial charge in [-0.3, -0.25) is 18.7 Å². The molecule has 164 valence electrons. The molecule has 3 aromatic rings. The van der Waals surface area contributed by atoms with Crippen molar-refractivity contribution in [2.45, 2.75) is 6.04 Å². The molecule has 0 bridgehead atoms. The van der Waals surface area contributed by atoms with Crippen LogP contribution in [0.1, 0.15) is 11.6 Å². The van der Waals surface area contributed by atoms with E-state index in [1.165, 1.54) is 9.13 Å². The number of carbonyl (C=O) groups excluding carboxylic acids is 2. The zero-order chi connectivity index (χ0) is 22.7. The van der Waals surface area contributed by atoms with Crippen molar-refractivity contribution in [2.75, 3.05) is 33.1 Å². The van der Waals surface area contributed by atoms with E-state index in [9.17, 15) is 14.4 Å². The summed E-state index contributed by atoms with van der Waals surface area (Å²) in [5.41, 5.74) is 2.67. The van der Waals surface area contributed by atoms with E-state index >= 15 is 0 Å². The number of likely N-dealkylation sites (N-methyl/N-ethyl adjacent to an activating group) is 1. The van der Waals surface area contributed by atoms with Gasteiger partial charge in [-0.05, 0) is 50.0 Å². The summed E-state index contributed by atoms with van der Waals surface area (Å²) in [6, 6.07) is 12.5. The molecule has 0 saturated heterocycles. The number of amides is 2. The summed E-state index contributed by atoms with van der Waals surface area (Å²) < 4.78 is 8.19. The Labute approximate surface area is 180 Å². The number of hydrogen-bond acceptors (Lipinski definition) is 5. The van der Waals surface area contributed by atoms with Crippen molar-refractivity contribution < 1.29 is 14.3 Å². The number of benzene rings is 2. The van der Waals surface area contributed by atoms with Gasteiger partial charge in [-0.1, -0.05) is 12.1 Å².